The zero-order valence-corrected chi connectivity index (χ0v) is 21.5. The van der Waals surface area contributed by atoms with Crippen molar-refractivity contribution < 1.29 is 4.79 Å². The molecule has 0 saturated carbocycles. The molecule has 182 valence electrons. The van der Waals surface area contributed by atoms with Crippen LogP contribution in [0.4, 0.5) is 5.69 Å². The van der Waals surface area contributed by atoms with Crippen LogP contribution in [0.15, 0.2) is 82.7 Å². The van der Waals surface area contributed by atoms with Crippen LogP contribution in [-0.4, -0.2) is 36.9 Å². The van der Waals surface area contributed by atoms with Crippen LogP contribution in [0, 0.1) is 13.8 Å². The summed E-state index contributed by atoms with van der Waals surface area (Å²) in [5.41, 5.74) is 4.26. The summed E-state index contributed by atoms with van der Waals surface area (Å²) in [4.78, 5) is 28.7. The van der Waals surface area contributed by atoms with Gasteiger partial charge >= 0.3 is 0 Å². The summed E-state index contributed by atoms with van der Waals surface area (Å²) in [7, 11) is 0. The normalized spacial score (nSPS) is 11.5. The van der Waals surface area contributed by atoms with E-state index in [1.54, 1.807) is 9.47 Å². The Hall–Kier alpha value is -3.91. The lowest BCUT2D eigenvalue weighted by Crippen LogP contribution is -2.38. The predicted molar refractivity (Wildman–Crippen MR) is 145 cm³/mol. The van der Waals surface area contributed by atoms with Gasteiger partial charge in [0.25, 0.3) is 5.56 Å². The summed E-state index contributed by atoms with van der Waals surface area (Å²) in [5.74, 6) is 0.583. The summed E-state index contributed by atoms with van der Waals surface area (Å²) >= 11 is 1.32. The number of nitrogens with zero attached hydrogens (tertiary/aromatic N) is 5. The molecule has 2 heterocycles. The van der Waals surface area contributed by atoms with Crippen molar-refractivity contribution >= 4 is 40.0 Å². The first-order chi connectivity index (χ1) is 17.4. The van der Waals surface area contributed by atoms with Crippen LogP contribution in [0.3, 0.4) is 0 Å². The third-order valence-corrected chi connectivity index (χ3v) is 7.05. The van der Waals surface area contributed by atoms with Gasteiger partial charge in [0.2, 0.25) is 11.7 Å². The Kier molecular flexibility index (Phi) is 6.36. The Morgan fingerprint density at radius 3 is 2.42 bits per heavy atom. The summed E-state index contributed by atoms with van der Waals surface area (Å²) < 4.78 is 3.48. The van der Waals surface area contributed by atoms with Crippen molar-refractivity contribution in [2.45, 2.75) is 38.9 Å². The first-order valence-corrected chi connectivity index (χ1v) is 12.8. The quantitative estimate of drug-likeness (QED) is 0.302. The lowest BCUT2D eigenvalue weighted by atomic mass is 10.1. The molecule has 0 N–H and O–H groups in total. The molecule has 0 fully saturated rings. The molecule has 5 rings (SSSR count). The maximum Gasteiger partial charge on any atom is 0.267 e. The molecule has 3 aromatic carbocycles. The molecule has 0 radical (unpaired) electrons. The molecule has 0 aliphatic carbocycles. The minimum Gasteiger partial charge on any atom is -0.309 e. The Bertz CT molecular complexity index is 1640. The van der Waals surface area contributed by atoms with Crippen LogP contribution in [0.2, 0.25) is 0 Å². The van der Waals surface area contributed by atoms with Crippen molar-refractivity contribution in [2.75, 3.05) is 10.7 Å². The molecule has 0 aliphatic heterocycles. The number of carbonyl (C=O) groups excluding carboxylic acids is 1. The number of amides is 1. The van der Waals surface area contributed by atoms with Gasteiger partial charge in [-0.1, -0.05) is 59.8 Å². The number of hydrogen-bond donors (Lipinski definition) is 0. The molecule has 7 nitrogen and oxygen atoms in total. The zero-order chi connectivity index (χ0) is 25.4. The SMILES string of the molecule is Cc1ccc(-n2c(=O)c3ccccc3n3c(SCC(=O)N(c4ccccc4)C(C)C)nnc23)c(C)c1. The van der Waals surface area contributed by atoms with Gasteiger partial charge in [0.05, 0.1) is 22.3 Å². The molecule has 0 bridgehead atoms. The number of para-hydroxylation sites is 2. The van der Waals surface area contributed by atoms with E-state index in [0.29, 0.717) is 21.8 Å². The number of carbonyl (C=O) groups is 1. The van der Waals surface area contributed by atoms with Gasteiger partial charge in [-0.3, -0.25) is 14.0 Å². The summed E-state index contributed by atoms with van der Waals surface area (Å²) in [6.45, 7) is 8.00. The average molecular weight is 498 g/mol. The predicted octanol–water partition coefficient (Wildman–Crippen LogP) is 5.18. The van der Waals surface area contributed by atoms with Crippen molar-refractivity contribution in [3.63, 3.8) is 0 Å². The molecule has 5 aromatic rings. The number of aryl methyl sites for hydroxylation is 2. The van der Waals surface area contributed by atoms with E-state index in [4.69, 9.17) is 0 Å². The van der Waals surface area contributed by atoms with Gasteiger partial charge in [-0.2, -0.15) is 0 Å². The molecule has 8 heteroatoms. The molecule has 0 unspecified atom stereocenters. The van der Waals surface area contributed by atoms with Gasteiger partial charge in [-0.25, -0.2) is 4.57 Å². The lowest BCUT2D eigenvalue weighted by molar-refractivity contribution is -0.116. The molecule has 0 aliphatic rings. The fourth-order valence-corrected chi connectivity index (χ4v) is 5.36. The number of aromatic nitrogens is 4. The van der Waals surface area contributed by atoms with Crippen LogP contribution in [0.5, 0.6) is 0 Å². The topological polar surface area (TPSA) is 72.5 Å². The fraction of sp³-hybridized carbons (Fsp3) is 0.214. The van der Waals surface area contributed by atoms with Crippen molar-refractivity contribution in [1.29, 1.82) is 0 Å². The first-order valence-electron chi connectivity index (χ1n) is 11.8. The summed E-state index contributed by atoms with van der Waals surface area (Å²) in [5, 5.41) is 9.95. The van der Waals surface area contributed by atoms with Crippen LogP contribution in [-0.2, 0) is 4.79 Å². The Morgan fingerprint density at radius 1 is 0.972 bits per heavy atom. The summed E-state index contributed by atoms with van der Waals surface area (Å²) in [6, 6.07) is 23.1. The van der Waals surface area contributed by atoms with Crippen molar-refractivity contribution in [2.24, 2.45) is 0 Å². The van der Waals surface area contributed by atoms with E-state index in [9.17, 15) is 9.59 Å². The third-order valence-electron chi connectivity index (χ3n) is 6.13. The van der Waals surface area contributed by atoms with Gasteiger partial charge in [0.15, 0.2) is 5.16 Å². The standard InChI is InChI=1S/C28H27N5O2S/c1-18(2)31(21-10-6-5-7-11-21)25(34)17-36-28-30-29-27-32(23-15-14-19(3)16-20(23)4)26(35)22-12-8-9-13-24(22)33(27)28/h5-16,18H,17H2,1-4H3. The van der Waals surface area contributed by atoms with E-state index in [1.165, 1.54) is 11.8 Å². The van der Waals surface area contributed by atoms with Gasteiger partial charge in [-0.05, 0) is 63.6 Å². The number of anilines is 1. The van der Waals surface area contributed by atoms with Crippen molar-refractivity contribution in [3.8, 4) is 5.69 Å². The fourth-order valence-electron chi connectivity index (χ4n) is 4.56. The molecule has 0 atom stereocenters. The third kappa shape index (κ3) is 4.18. The highest BCUT2D eigenvalue weighted by Gasteiger charge is 2.22. The molecular formula is C28H27N5O2S. The number of fused-ring (bicyclic) bond motifs is 3. The molecule has 0 spiro atoms. The van der Waals surface area contributed by atoms with E-state index >= 15 is 0 Å². The zero-order valence-electron chi connectivity index (χ0n) is 20.7. The number of thioether (sulfide) groups is 1. The van der Waals surface area contributed by atoms with Crippen LogP contribution in [0.25, 0.3) is 22.4 Å². The second-order valence-electron chi connectivity index (χ2n) is 9.05. The first kappa shape index (κ1) is 23.8. The van der Waals surface area contributed by atoms with Crippen molar-refractivity contribution in [1.82, 2.24) is 19.2 Å². The van der Waals surface area contributed by atoms with Gasteiger partial charge in [0.1, 0.15) is 0 Å². The Balaban J connectivity index is 1.60. The molecule has 36 heavy (non-hydrogen) atoms. The smallest absolute Gasteiger partial charge is 0.267 e. The molecule has 2 aromatic heterocycles. The number of rotatable bonds is 6. The monoisotopic (exact) mass is 497 g/mol. The Labute approximate surface area is 213 Å². The van der Waals surface area contributed by atoms with Gasteiger partial charge in [0, 0.05) is 11.7 Å². The van der Waals surface area contributed by atoms with Crippen LogP contribution < -0.4 is 10.5 Å². The van der Waals surface area contributed by atoms with E-state index in [1.807, 2.05) is 105 Å². The van der Waals surface area contributed by atoms with Crippen LogP contribution >= 0.6 is 11.8 Å². The second kappa shape index (κ2) is 9.62. The van der Waals surface area contributed by atoms with E-state index < -0.39 is 0 Å². The number of hydrogen-bond acceptors (Lipinski definition) is 5. The lowest BCUT2D eigenvalue weighted by Gasteiger charge is -2.26. The van der Waals surface area contributed by atoms with E-state index in [0.717, 1.165) is 22.5 Å². The molecule has 0 saturated heterocycles. The van der Waals surface area contributed by atoms with E-state index in [2.05, 4.69) is 10.2 Å². The van der Waals surface area contributed by atoms with Gasteiger partial charge in [-0.15, -0.1) is 10.2 Å². The highest BCUT2D eigenvalue weighted by atomic mass is 32.2. The van der Waals surface area contributed by atoms with Crippen LogP contribution in [0.1, 0.15) is 25.0 Å². The van der Waals surface area contributed by atoms with E-state index in [-0.39, 0.29) is 23.3 Å². The highest BCUT2D eigenvalue weighted by Crippen LogP contribution is 2.26. The highest BCUT2D eigenvalue weighted by molar-refractivity contribution is 7.99. The average Bonchev–Trinajstić information content (AvgIpc) is 3.28. The van der Waals surface area contributed by atoms with Crippen molar-refractivity contribution in [3.05, 3.63) is 94.3 Å². The maximum atomic E-state index is 13.6. The second-order valence-corrected chi connectivity index (χ2v) is 9.99. The summed E-state index contributed by atoms with van der Waals surface area (Å²) in [6.07, 6.45) is 0. The Morgan fingerprint density at radius 2 is 1.69 bits per heavy atom. The largest absolute Gasteiger partial charge is 0.309 e. The molecule has 1 amide bonds. The minimum atomic E-state index is -0.153. The maximum absolute atomic E-state index is 13.6. The van der Waals surface area contributed by atoms with Gasteiger partial charge < -0.3 is 4.90 Å². The molecular weight excluding hydrogens is 470 g/mol. The minimum absolute atomic E-state index is 0.00571. The number of benzene rings is 3.